The smallest absolute Gasteiger partial charge is 0.267 e. The van der Waals surface area contributed by atoms with Gasteiger partial charge in [-0.25, -0.2) is 4.68 Å². The van der Waals surface area contributed by atoms with Crippen LogP contribution >= 0.6 is 11.3 Å². The molecule has 0 amide bonds. The van der Waals surface area contributed by atoms with Gasteiger partial charge < -0.3 is 0 Å². The fraction of sp³-hybridized carbons (Fsp3) is 0.167. The molecule has 0 aliphatic rings. The van der Waals surface area contributed by atoms with Crippen molar-refractivity contribution >= 4 is 17.1 Å². The molecule has 23 heavy (non-hydrogen) atoms. The maximum Gasteiger partial charge on any atom is 0.267 e. The molecule has 0 bridgehead atoms. The van der Waals surface area contributed by atoms with Crippen molar-refractivity contribution in [2.24, 2.45) is 0 Å². The van der Waals surface area contributed by atoms with Crippen molar-refractivity contribution in [1.29, 1.82) is 0 Å². The lowest BCUT2D eigenvalue weighted by molar-refractivity contribution is 0.0911. The summed E-state index contributed by atoms with van der Waals surface area (Å²) in [6.45, 7) is 1.89. The second-order valence-corrected chi connectivity index (χ2v) is 6.08. The van der Waals surface area contributed by atoms with Gasteiger partial charge in [-0.2, -0.15) is 5.10 Å². The Kier molecular flexibility index (Phi) is 4.48. The fourth-order valence-electron chi connectivity index (χ4n) is 2.47. The van der Waals surface area contributed by atoms with Crippen LogP contribution in [-0.4, -0.2) is 15.6 Å². The van der Waals surface area contributed by atoms with Crippen LogP contribution in [0.4, 0.5) is 0 Å². The first kappa shape index (κ1) is 15.4. The lowest BCUT2D eigenvalue weighted by Crippen LogP contribution is -2.31. The number of hydrogen-bond donors (Lipinski definition) is 0. The Morgan fingerprint density at radius 3 is 2.57 bits per heavy atom. The average Bonchev–Trinajstić information content (AvgIpc) is 3.12. The summed E-state index contributed by atoms with van der Waals surface area (Å²) < 4.78 is 1.31. The number of carbonyl (C=O) groups excluding carboxylic acids is 1. The lowest BCUT2D eigenvalue weighted by atomic mass is 10.0. The van der Waals surface area contributed by atoms with Crippen LogP contribution in [-0.2, 0) is 0 Å². The third-order valence-corrected chi connectivity index (χ3v) is 4.53. The minimum Gasteiger partial charge on any atom is -0.292 e. The highest BCUT2D eigenvalue weighted by atomic mass is 32.1. The molecular weight excluding hydrogens is 308 g/mol. The molecule has 1 atom stereocenters. The van der Waals surface area contributed by atoms with Gasteiger partial charge in [-0.3, -0.25) is 9.59 Å². The highest BCUT2D eigenvalue weighted by Gasteiger charge is 2.22. The molecule has 0 aliphatic carbocycles. The molecule has 1 unspecified atom stereocenters. The highest BCUT2D eigenvalue weighted by Crippen LogP contribution is 2.23. The van der Waals surface area contributed by atoms with E-state index in [0.717, 1.165) is 4.88 Å². The summed E-state index contributed by atoms with van der Waals surface area (Å²) >= 11 is 1.55. The van der Waals surface area contributed by atoms with Crippen LogP contribution < -0.4 is 5.56 Å². The van der Waals surface area contributed by atoms with Crippen LogP contribution in [0, 0.1) is 0 Å². The Labute approximate surface area is 138 Å². The molecular formula is C18H16N2O2S. The number of hydrogen-bond acceptors (Lipinski definition) is 4. The Morgan fingerprint density at radius 1 is 1.13 bits per heavy atom. The normalized spacial score (nSPS) is 12.0. The molecule has 1 aromatic carbocycles. The van der Waals surface area contributed by atoms with Crippen LogP contribution in [0.5, 0.6) is 0 Å². The number of benzene rings is 1. The van der Waals surface area contributed by atoms with Crippen LogP contribution in [0.3, 0.4) is 0 Å². The van der Waals surface area contributed by atoms with E-state index in [1.807, 2.05) is 42.6 Å². The Balaban J connectivity index is 2.03. The summed E-state index contributed by atoms with van der Waals surface area (Å²) in [6.07, 6.45) is 0.508. The molecule has 2 heterocycles. The van der Waals surface area contributed by atoms with E-state index in [4.69, 9.17) is 0 Å². The highest BCUT2D eigenvalue weighted by molar-refractivity contribution is 7.13. The second-order valence-electron chi connectivity index (χ2n) is 5.13. The summed E-state index contributed by atoms with van der Waals surface area (Å²) in [5, 5.41) is 6.38. The maximum absolute atomic E-state index is 12.7. The molecule has 0 saturated heterocycles. The molecule has 116 valence electrons. The molecule has 2 aromatic heterocycles. The Morgan fingerprint density at radius 2 is 1.91 bits per heavy atom. The Hall–Kier alpha value is -2.53. The second kappa shape index (κ2) is 6.71. The van der Waals surface area contributed by atoms with Crippen molar-refractivity contribution in [1.82, 2.24) is 9.78 Å². The van der Waals surface area contributed by atoms with Crippen LogP contribution in [0.25, 0.3) is 10.6 Å². The van der Waals surface area contributed by atoms with Crippen LogP contribution in [0.2, 0.25) is 0 Å². The average molecular weight is 324 g/mol. The van der Waals surface area contributed by atoms with Crippen molar-refractivity contribution in [2.75, 3.05) is 0 Å². The van der Waals surface area contributed by atoms with E-state index in [1.165, 1.54) is 10.7 Å². The summed E-state index contributed by atoms with van der Waals surface area (Å²) in [6, 6.07) is 15.5. The number of carbonyl (C=O) groups is 1. The molecule has 4 nitrogen and oxygen atoms in total. The van der Waals surface area contributed by atoms with E-state index >= 15 is 0 Å². The lowest BCUT2D eigenvalue weighted by Gasteiger charge is -2.16. The summed E-state index contributed by atoms with van der Waals surface area (Å²) in [5.41, 5.74) is 1.04. The van der Waals surface area contributed by atoms with Gasteiger partial charge in [-0.05, 0) is 23.9 Å². The van der Waals surface area contributed by atoms with E-state index in [-0.39, 0.29) is 11.3 Å². The third kappa shape index (κ3) is 3.14. The first-order chi connectivity index (χ1) is 11.2. The number of Topliss-reactive ketones (excluding diaryl/α,β-unsaturated/α-hetero) is 1. The van der Waals surface area contributed by atoms with Gasteiger partial charge in [0.15, 0.2) is 5.78 Å². The first-order valence-electron chi connectivity index (χ1n) is 7.43. The van der Waals surface area contributed by atoms with Crippen molar-refractivity contribution in [3.05, 3.63) is 75.9 Å². The zero-order chi connectivity index (χ0) is 16.2. The van der Waals surface area contributed by atoms with Crippen molar-refractivity contribution in [2.45, 2.75) is 19.4 Å². The van der Waals surface area contributed by atoms with Gasteiger partial charge >= 0.3 is 0 Å². The molecule has 5 heteroatoms. The molecule has 0 N–H and O–H groups in total. The SMILES string of the molecule is CCC(C(=O)c1ccccc1)n1nc(-c2cccs2)ccc1=O. The zero-order valence-electron chi connectivity index (χ0n) is 12.7. The molecule has 0 saturated carbocycles. The molecule has 0 aliphatic heterocycles. The zero-order valence-corrected chi connectivity index (χ0v) is 13.5. The fourth-order valence-corrected chi connectivity index (χ4v) is 3.16. The number of rotatable bonds is 5. The summed E-state index contributed by atoms with van der Waals surface area (Å²) in [5.74, 6) is -0.0916. The van der Waals surface area contributed by atoms with E-state index in [9.17, 15) is 9.59 Å². The van der Waals surface area contributed by atoms with Gasteiger partial charge in [0.05, 0.1) is 4.88 Å². The topological polar surface area (TPSA) is 52.0 Å². The molecule has 3 rings (SSSR count). The maximum atomic E-state index is 12.7. The van der Waals surface area contributed by atoms with E-state index in [0.29, 0.717) is 17.7 Å². The molecule has 0 radical (unpaired) electrons. The number of thiophene rings is 1. The minimum absolute atomic E-state index is 0.0916. The van der Waals surface area contributed by atoms with Crippen LogP contribution in [0.15, 0.2) is 64.8 Å². The van der Waals surface area contributed by atoms with Crippen LogP contribution in [0.1, 0.15) is 29.7 Å². The number of ketones is 1. The quantitative estimate of drug-likeness (QED) is 0.671. The summed E-state index contributed by atoms with van der Waals surface area (Å²) in [4.78, 5) is 25.9. The summed E-state index contributed by atoms with van der Waals surface area (Å²) in [7, 11) is 0. The third-order valence-electron chi connectivity index (χ3n) is 3.64. The van der Waals surface area contributed by atoms with Crippen molar-refractivity contribution in [3.63, 3.8) is 0 Å². The number of nitrogens with zero attached hydrogens (tertiary/aromatic N) is 2. The van der Waals surface area contributed by atoms with Crippen molar-refractivity contribution < 1.29 is 4.79 Å². The molecule has 0 fully saturated rings. The molecule has 0 spiro atoms. The first-order valence-corrected chi connectivity index (χ1v) is 8.31. The van der Waals surface area contributed by atoms with E-state index < -0.39 is 6.04 Å². The van der Waals surface area contributed by atoms with Gasteiger partial charge in [-0.15, -0.1) is 11.3 Å². The van der Waals surface area contributed by atoms with E-state index in [1.54, 1.807) is 29.5 Å². The van der Waals surface area contributed by atoms with Gasteiger partial charge in [0.1, 0.15) is 11.7 Å². The monoisotopic (exact) mass is 324 g/mol. The standard InChI is InChI=1S/C18H16N2O2S/c1-2-15(18(22)13-7-4-3-5-8-13)20-17(21)11-10-14(19-20)16-9-6-12-23-16/h3-12,15H,2H2,1H3. The minimum atomic E-state index is -0.593. The van der Waals surface area contributed by atoms with Gasteiger partial charge in [0, 0.05) is 11.6 Å². The van der Waals surface area contributed by atoms with Gasteiger partial charge in [0.2, 0.25) is 0 Å². The molecule has 3 aromatic rings. The largest absolute Gasteiger partial charge is 0.292 e. The van der Waals surface area contributed by atoms with E-state index in [2.05, 4.69) is 5.10 Å². The predicted molar refractivity (Wildman–Crippen MR) is 91.9 cm³/mol. The predicted octanol–water partition coefficient (Wildman–Crippen LogP) is 3.81. The van der Waals surface area contributed by atoms with Gasteiger partial charge in [0.25, 0.3) is 5.56 Å². The van der Waals surface area contributed by atoms with Crippen molar-refractivity contribution in [3.8, 4) is 10.6 Å². The number of aromatic nitrogens is 2. The Bertz CT molecular complexity index is 854. The van der Waals surface area contributed by atoms with Gasteiger partial charge in [-0.1, -0.05) is 43.3 Å².